The van der Waals surface area contributed by atoms with E-state index in [1.54, 1.807) is 14.0 Å². The predicted octanol–water partition coefficient (Wildman–Crippen LogP) is 5.49. The van der Waals surface area contributed by atoms with Gasteiger partial charge in [-0.15, -0.1) is 0 Å². The van der Waals surface area contributed by atoms with Crippen LogP contribution in [-0.4, -0.2) is 50.8 Å². The van der Waals surface area contributed by atoms with Crippen molar-refractivity contribution in [2.75, 3.05) is 39.3 Å². The molecule has 2 aromatic rings. The average molecular weight is 453 g/mol. The number of nitrogens with zero attached hydrogens (tertiary/aromatic N) is 2. The van der Waals surface area contributed by atoms with E-state index in [0.717, 1.165) is 49.4 Å². The van der Waals surface area contributed by atoms with E-state index in [-0.39, 0.29) is 11.5 Å². The third-order valence-corrected chi connectivity index (χ3v) is 6.83. The van der Waals surface area contributed by atoms with Gasteiger partial charge in [0, 0.05) is 46.4 Å². The number of carbonyl (C=O) groups excluding carboxylic acids is 1. The highest BCUT2D eigenvalue weighted by Gasteiger charge is 2.34. The molecule has 5 heteroatoms. The Morgan fingerprint density at radius 3 is 2.33 bits per heavy atom. The van der Waals surface area contributed by atoms with Crippen molar-refractivity contribution in [3.8, 4) is 5.75 Å². The molecule has 2 atom stereocenters. The van der Waals surface area contributed by atoms with Gasteiger partial charge in [-0.05, 0) is 80.3 Å². The molecule has 0 aromatic heterocycles. The third kappa shape index (κ3) is 6.97. The van der Waals surface area contributed by atoms with Crippen molar-refractivity contribution in [3.63, 3.8) is 0 Å². The molecule has 0 spiro atoms. The van der Waals surface area contributed by atoms with Crippen LogP contribution in [0.5, 0.6) is 5.75 Å². The maximum Gasteiger partial charge on any atom is 0.219 e. The number of benzene rings is 2. The minimum Gasteiger partial charge on any atom is -0.497 e. The Morgan fingerprint density at radius 1 is 1.12 bits per heavy atom. The molecule has 1 aliphatic rings. The minimum absolute atomic E-state index is 0.109. The fourth-order valence-electron chi connectivity index (χ4n) is 4.91. The van der Waals surface area contributed by atoms with Crippen LogP contribution in [0, 0.1) is 5.92 Å². The lowest BCUT2D eigenvalue weighted by atomic mass is 9.75. The summed E-state index contributed by atoms with van der Waals surface area (Å²) in [4.78, 5) is 16.6. The number of hydrogen-bond donors (Lipinski definition) is 0. The summed E-state index contributed by atoms with van der Waals surface area (Å²) >= 11 is 0. The SMILES string of the molecule is COc1ccc([C@@H](CCN(Cc2ccc(N(C)C)cc2)C(C)=O)[C@@H]2CCOC(C)(C)C2)cc1. The first-order chi connectivity index (χ1) is 15.7. The lowest BCUT2D eigenvalue weighted by molar-refractivity contribution is -0.129. The van der Waals surface area contributed by atoms with Gasteiger partial charge < -0.3 is 19.3 Å². The maximum atomic E-state index is 12.5. The van der Waals surface area contributed by atoms with Crippen molar-refractivity contribution in [1.82, 2.24) is 4.90 Å². The molecule has 3 rings (SSSR count). The Kier molecular flexibility index (Phi) is 8.41. The second kappa shape index (κ2) is 11.1. The highest BCUT2D eigenvalue weighted by atomic mass is 16.5. The second-order valence-corrected chi connectivity index (χ2v) is 10.0. The first kappa shape index (κ1) is 25.1. The summed E-state index contributed by atoms with van der Waals surface area (Å²) in [5.41, 5.74) is 3.53. The number of hydrogen-bond acceptors (Lipinski definition) is 4. The molecule has 180 valence electrons. The molecule has 1 heterocycles. The fourth-order valence-corrected chi connectivity index (χ4v) is 4.91. The number of amides is 1. The van der Waals surface area contributed by atoms with Crippen LogP contribution in [0.4, 0.5) is 5.69 Å². The van der Waals surface area contributed by atoms with Crippen molar-refractivity contribution in [1.29, 1.82) is 0 Å². The molecule has 0 bridgehead atoms. The van der Waals surface area contributed by atoms with Crippen LogP contribution in [0.2, 0.25) is 0 Å². The summed E-state index contributed by atoms with van der Waals surface area (Å²) in [6.07, 6.45) is 3.00. The van der Waals surface area contributed by atoms with Gasteiger partial charge in [-0.3, -0.25) is 4.79 Å². The van der Waals surface area contributed by atoms with E-state index in [4.69, 9.17) is 9.47 Å². The number of methoxy groups -OCH3 is 1. The average Bonchev–Trinajstić information content (AvgIpc) is 2.78. The monoisotopic (exact) mass is 452 g/mol. The van der Waals surface area contributed by atoms with Crippen LogP contribution in [0.3, 0.4) is 0 Å². The summed E-state index contributed by atoms with van der Waals surface area (Å²) in [5.74, 6) is 1.89. The minimum atomic E-state index is -0.109. The predicted molar refractivity (Wildman–Crippen MR) is 135 cm³/mol. The zero-order chi connectivity index (χ0) is 24.0. The quantitative estimate of drug-likeness (QED) is 0.505. The zero-order valence-corrected chi connectivity index (χ0v) is 21.1. The molecule has 0 saturated carbocycles. The summed E-state index contributed by atoms with van der Waals surface area (Å²) in [5, 5.41) is 0. The fraction of sp³-hybridized carbons (Fsp3) is 0.536. The van der Waals surface area contributed by atoms with Gasteiger partial charge in [0.2, 0.25) is 5.91 Å². The Labute approximate surface area is 199 Å². The first-order valence-electron chi connectivity index (χ1n) is 12.0. The first-order valence-corrected chi connectivity index (χ1v) is 12.0. The largest absolute Gasteiger partial charge is 0.497 e. The Morgan fingerprint density at radius 2 is 1.79 bits per heavy atom. The summed E-state index contributed by atoms with van der Waals surface area (Å²) in [6.45, 7) is 8.21. The van der Waals surface area contributed by atoms with E-state index in [2.05, 4.69) is 55.1 Å². The van der Waals surface area contributed by atoms with Gasteiger partial charge in [-0.25, -0.2) is 0 Å². The van der Waals surface area contributed by atoms with Crippen LogP contribution < -0.4 is 9.64 Å². The lowest BCUT2D eigenvalue weighted by Gasteiger charge is -2.40. The van der Waals surface area contributed by atoms with Gasteiger partial charge in [0.25, 0.3) is 0 Å². The van der Waals surface area contributed by atoms with Crippen molar-refractivity contribution in [2.45, 2.75) is 58.1 Å². The topological polar surface area (TPSA) is 42.0 Å². The van der Waals surface area contributed by atoms with E-state index in [1.165, 1.54) is 5.56 Å². The molecule has 0 radical (unpaired) electrons. The van der Waals surface area contributed by atoms with Crippen molar-refractivity contribution in [2.24, 2.45) is 5.92 Å². The van der Waals surface area contributed by atoms with Crippen molar-refractivity contribution >= 4 is 11.6 Å². The molecular weight excluding hydrogens is 412 g/mol. The smallest absolute Gasteiger partial charge is 0.219 e. The summed E-state index contributed by atoms with van der Waals surface area (Å²) < 4.78 is 11.4. The van der Waals surface area contributed by atoms with Crippen LogP contribution in [0.1, 0.15) is 57.1 Å². The molecule has 1 aliphatic heterocycles. The molecule has 0 unspecified atom stereocenters. The molecule has 33 heavy (non-hydrogen) atoms. The van der Waals surface area contributed by atoms with E-state index >= 15 is 0 Å². The van der Waals surface area contributed by atoms with Crippen molar-refractivity contribution in [3.05, 3.63) is 59.7 Å². The third-order valence-electron chi connectivity index (χ3n) is 6.83. The van der Waals surface area contributed by atoms with Crippen molar-refractivity contribution < 1.29 is 14.3 Å². The van der Waals surface area contributed by atoms with Crippen LogP contribution in [0.15, 0.2) is 48.5 Å². The Balaban J connectivity index is 1.75. The van der Waals surface area contributed by atoms with Crippen LogP contribution >= 0.6 is 0 Å². The molecular formula is C28H40N2O3. The van der Waals surface area contributed by atoms with Crippen LogP contribution in [-0.2, 0) is 16.1 Å². The normalized spacial score (nSPS) is 18.4. The van der Waals surface area contributed by atoms with E-state index in [9.17, 15) is 4.79 Å². The lowest BCUT2D eigenvalue weighted by Crippen LogP contribution is -2.37. The van der Waals surface area contributed by atoms with Gasteiger partial charge in [-0.2, -0.15) is 0 Å². The zero-order valence-electron chi connectivity index (χ0n) is 21.1. The molecule has 0 N–H and O–H groups in total. The highest BCUT2D eigenvalue weighted by molar-refractivity contribution is 5.73. The van der Waals surface area contributed by atoms with Gasteiger partial charge in [-0.1, -0.05) is 24.3 Å². The second-order valence-electron chi connectivity index (χ2n) is 10.0. The Hall–Kier alpha value is -2.53. The standard InChI is InChI=1S/C28H40N2O3/c1-21(31)30(20-22-7-11-25(12-8-22)29(4)5)17-15-27(23-9-13-26(32-6)14-10-23)24-16-18-33-28(2,3)19-24/h7-14,24,27H,15-20H2,1-6H3/t24-,27-/m1/s1. The molecule has 5 nitrogen and oxygen atoms in total. The molecule has 1 fully saturated rings. The number of carbonyl (C=O) groups is 1. The Bertz CT molecular complexity index is 890. The summed E-state index contributed by atoms with van der Waals surface area (Å²) in [6, 6.07) is 16.9. The van der Waals surface area contributed by atoms with Gasteiger partial charge in [0.1, 0.15) is 5.75 Å². The number of ether oxygens (including phenoxy) is 2. The van der Waals surface area contributed by atoms with Gasteiger partial charge in [0.05, 0.1) is 12.7 Å². The number of anilines is 1. The van der Waals surface area contributed by atoms with E-state index in [1.807, 2.05) is 31.1 Å². The van der Waals surface area contributed by atoms with Crippen LogP contribution in [0.25, 0.3) is 0 Å². The highest BCUT2D eigenvalue weighted by Crippen LogP contribution is 2.40. The maximum absolute atomic E-state index is 12.5. The van der Waals surface area contributed by atoms with E-state index < -0.39 is 0 Å². The number of rotatable bonds is 9. The molecule has 1 saturated heterocycles. The van der Waals surface area contributed by atoms with Gasteiger partial charge >= 0.3 is 0 Å². The summed E-state index contributed by atoms with van der Waals surface area (Å²) in [7, 11) is 5.77. The van der Waals surface area contributed by atoms with Gasteiger partial charge in [0.15, 0.2) is 0 Å². The molecule has 2 aromatic carbocycles. The van der Waals surface area contributed by atoms with E-state index in [0.29, 0.717) is 18.4 Å². The molecule has 0 aliphatic carbocycles. The molecule has 1 amide bonds.